The highest BCUT2D eigenvalue weighted by Crippen LogP contribution is 2.32. The number of carbonyl (C=O) groups excluding carboxylic acids is 3. The molecule has 3 aromatic carbocycles. The van der Waals surface area contributed by atoms with Crippen molar-refractivity contribution >= 4 is 17.7 Å². The summed E-state index contributed by atoms with van der Waals surface area (Å²) in [7, 11) is 4.73. The first kappa shape index (κ1) is 30.6. The first-order valence-corrected chi connectivity index (χ1v) is 14.2. The van der Waals surface area contributed by atoms with Crippen molar-refractivity contribution in [3.8, 4) is 23.0 Å². The highest BCUT2D eigenvalue weighted by molar-refractivity contribution is 5.95. The van der Waals surface area contributed by atoms with Crippen molar-refractivity contribution in [3.05, 3.63) is 83.2 Å². The molecule has 0 unspecified atom stereocenters. The molecule has 2 atom stereocenters. The van der Waals surface area contributed by atoms with Crippen molar-refractivity contribution in [3.63, 3.8) is 0 Å². The van der Waals surface area contributed by atoms with Crippen LogP contribution in [0.25, 0.3) is 0 Å². The molecule has 1 fully saturated rings. The number of nitrogens with zero attached hydrogens (tertiary/aromatic N) is 2. The molecule has 3 amide bonds. The van der Waals surface area contributed by atoms with Gasteiger partial charge in [0.15, 0.2) is 29.6 Å². The Labute approximate surface area is 254 Å². The summed E-state index contributed by atoms with van der Waals surface area (Å²) in [5.41, 5.74) is 1.55. The summed E-state index contributed by atoms with van der Waals surface area (Å²) in [5.74, 6) is 0.178. The van der Waals surface area contributed by atoms with Crippen LogP contribution in [0.1, 0.15) is 21.5 Å². The summed E-state index contributed by atoms with van der Waals surface area (Å²) in [6, 6.07) is 15.8. The third kappa shape index (κ3) is 7.20. The number of amides is 3. The molecule has 0 aromatic heterocycles. The maximum absolute atomic E-state index is 14.2. The summed E-state index contributed by atoms with van der Waals surface area (Å²) < 4.78 is 37.2. The standard InChI is InChI=1S/C32H35FN4O7/c1-36(15-22-6-4-5-7-23(22)33)18-31(39)37-16-24-29(17-37)44-26-10-8-20(12-27(26)42-3)14-34-30(38)19-43-28-13-21(32(40)35-24)9-11-25(28)41-2/h4-13,24,29H,14-19H2,1-3H3,(H,34,38)(H,35,40)/t24-,29-/m0/s1. The normalized spacial score (nSPS) is 18.4. The number of likely N-dealkylation sites (tertiary alicyclic amines) is 1. The first-order chi connectivity index (χ1) is 21.2. The van der Waals surface area contributed by atoms with Gasteiger partial charge < -0.3 is 34.5 Å². The quantitative estimate of drug-likeness (QED) is 0.439. The van der Waals surface area contributed by atoms with Crippen LogP contribution in [-0.2, 0) is 22.7 Å². The number of rotatable bonds is 6. The predicted octanol–water partition coefficient (Wildman–Crippen LogP) is 2.37. The zero-order valence-electron chi connectivity index (χ0n) is 24.8. The number of methoxy groups -OCH3 is 2. The van der Waals surface area contributed by atoms with Gasteiger partial charge in [0.2, 0.25) is 5.91 Å². The number of hydrogen-bond acceptors (Lipinski definition) is 8. The van der Waals surface area contributed by atoms with E-state index in [2.05, 4.69) is 10.6 Å². The summed E-state index contributed by atoms with van der Waals surface area (Å²) in [6.07, 6.45) is -0.608. The molecule has 6 rings (SSSR count). The van der Waals surface area contributed by atoms with Crippen LogP contribution in [0.5, 0.6) is 23.0 Å². The number of hydrogen-bond donors (Lipinski definition) is 2. The van der Waals surface area contributed by atoms with Gasteiger partial charge in [-0.05, 0) is 49.0 Å². The highest BCUT2D eigenvalue weighted by Gasteiger charge is 2.38. The van der Waals surface area contributed by atoms with E-state index < -0.39 is 18.1 Å². The van der Waals surface area contributed by atoms with Gasteiger partial charge in [-0.1, -0.05) is 24.3 Å². The Morgan fingerprint density at radius 1 is 1.02 bits per heavy atom. The van der Waals surface area contributed by atoms with Gasteiger partial charge in [-0.2, -0.15) is 0 Å². The molecule has 12 heteroatoms. The molecule has 11 nitrogen and oxygen atoms in total. The zero-order chi connectivity index (χ0) is 31.2. The minimum absolute atomic E-state index is 0.0463. The third-order valence-electron chi connectivity index (χ3n) is 7.52. The Morgan fingerprint density at radius 2 is 1.82 bits per heavy atom. The van der Waals surface area contributed by atoms with Crippen LogP contribution in [0.15, 0.2) is 60.7 Å². The van der Waals surface area contributed by atoms with Gasteiger partial charge in [-0.25, -0.2) is 4.39 Å². The molecule has 3 heterocycles. The Morgan fingerprint density at radius 3 is 2.59 bits per heavy atom. The topological polar surface area (TPSA) is 119 Å². The first-order valence-electron chi connectivity index (χ1n) is 14.2. The van der Waals surface area contributed by atoms with Crippen LogP contribution in [0.4, 0.5) is 4.39 Å². The Bertz CT molecular complexity index is 1530. The highest BCUT2D eigenvalue weighted by atomic mass is 19.1. The van der Waals surface area contributed by atoms with E-state index in [1.807, 2.05) is 0 Å². The molecule has 0 aliphatic carbocycles. The summed E-state index contributed by atoms with van der Waals surface area (Å²) in [4.78, 5) is 42.7. The second-order valence-electron chi connectivity index (χ2n) is 10.7. The molecular weight excluding hydrogens is 571 g/mol. The van der Waals surface area contributed by atoms with Crippen LogP contribution < -0.4 is 29.6 Å². The average Bonchev–Trinajstić information content (AvgIpc) is 3.41. The van der Waals surface area contributed by atoms with Crippen molar-refractivity contribution in [2.45, 2.75) is 25.2 Å². The van der Waals surface area contributed by atoms with Crippen LogP contribution in [0.2, 0.25) is 0 Å². The van der Waals surface area contributed by atoms with E-state index in [-0.39, 0.29) is 68.3 Å². The van der Waals surface area contributed by atoms with E-state index in [4.69, 9.17) is 18.9 Å². The lowest BCUT2D eigenvalue weighted by atomic mass is 10.1. The summed E-state index contributed by atoms with van der Waals surface area (Å²) >= 11 is 0. The Hall–Kier alpha value is -4.84. The maximum atomic E-state index is 14.2. The molecule has 3 aliphatic rings. The van der Waals surface area contributed by atoms with Gasteiger partial charge in [-0.3, -0.25) is 19.3 Å². The fourth-order valence-corrected chi connectivity index (χ4v) is 5.20. The van der Waals surface area contributed by atoms with E-state index in [0.29, 0.717) is 22.8 Å². The second-order valence-corrected chi connectivity index (χ2v) is 10.7. The average molecular weight is 607 g/mol. The smallest absolute Gasteiger partial charge is 0.258 e. The fourth-order valence-electron chi connectivity index (χ4n) is 5.20. The molecule has 44 heavy (non-hydrogen) atoms. The van der Waals surface area contributed by atoms with Crippen molar-refractivity contribution in [2.24, 2.45) is 0 Å². The molecule has 232 valence electrons. The largest absolute Gasteiger partial charge is 0.493 e. The molecule has 1 saturated heterocycles. The van der Waals surface area contributed by atoms with Crippen LogP contribution in [-0.4, -0.2) is 87.2 Å². The van der Waals surface area contributed by atoms with Crippen LogP contribution >= 0.6 is 0 Å². The molecule has 4 bridgehead atoms. The number of likely N-dealkylation sites (N-methyl/N-ethyl adjacent to an activating group) is 1. The number of halogens is 1. The maximum Gasteiger partial charge on any atom is 0.258 e. The van der Waals surface area contributed by atoms with E-state index >= 15 is 0 Å². The number of carbonyl (C=O) groups is 3. The van der Waals surface area contributed by atoms with Gasteiger partial charge in [0.1, 0.15) is 11.9 Å². The van der Waals surface area contributed by atoms with Gasteiger partial charge in [0.05, 0.1) is 33.4 Å². The molecular formula is C32H35FN4O7. The lowest BCUT2D eigenvalue weighted by Crippen LogP contribution is -2.45. The van der Waals surface area contributed by atoms with Gasteiger partial charge in [0, 0.05) is 30.8 Å². The lowest BCUT2D eigenvalue weighted by Gasteiger charge is -2.22. The molecule has 2 N–H and O–H groups in total. The van der Waals surface area contributed by atoms with Crippen LogP contribution in [0.3, 0.4) is 0 Å². The Balaban J connectivity index is 1.39. The van der Waals surface area contributed by atoms with Crippen molar-refractivity contribution in [1.82, 2.24) is 20.4 Å². The number of ether oxygens (including phenoxy) is 4. The molecule has 3 aromatic rings. The monoisotopic (exact) mass is 606 g/mol. The van der Waals surface area contributed by atoms with Crippen molar-refractivity contribution in [2.75, 3.05) is 47.5 Å². The predicted molar refractivity (Wildman–Crippen MR) is 158 cm³/mol. The molecule has 0 radical (unpaired) electrons. The fraction of sp³-hybridized carbons (Fsp3) is 0.344. The van der Waals surface area contributed by atoms with Gasteiger partial charge in [0.25, 0.3) is 11.8 Å². The number of nitrogens with one attached hydrogen (secondary N) is 2. The van der Waals surface area contributed by atoms with E-state index in [1.165, 1.54) is 26.4 Å². The minimum atomic E-state index is -0.608. The van der Waals surface area contributed by atoms with Crippen molar-refractivity contribution < 1.29 is 37.7 Å². The van der Waals surface area contributed by atoms with Crippen LogP contribution in [0, 0.1) is 5.82 Å². The zero-order valence-corrected chi connectivity index (χ0v) is 24.8. The van der Waals surface area contributed by atoms with E-state index in [9.17, 15) is 18.8 Å². The van der Waals surface area contributed by atoms with Crippen molar-refractivity contribution in [1.29, 1.82) is 0 Å². The lowest BCUT2D eigenvalue weighted by molar-refractivity contribution is -0.131. The molecule has 0 saturated carbocycles. The third-order valence-corrected chi connectivity index (χ3v) is 7.52. The summed E-state index contributed by atoms with van der Waals surface area (Å²) in [6.45, 7) is 0.650. The number of benzene rings is 3. The minimum Gasteiger partial charge on any atom is -0.493 e. The van der Waals surface area contributed by atoms with E-state index in [1.54, 1.807) is 65.4 Å². The second kappa shape index (κ2) is 13.6. The molecule has 3 aliphatic heterocycles. The SMILES string of the molecule is COc1ccc2cc1OCC(=O)NCc1ccc(c(OC)c1)O[C@H]1CN(C(=O)CN(C)Cc3ccccc3F)C[C@@H]1NC2=O. The Kier molecular flexibility index (Phi) is 9.49. The summed E-state index contributed by atoms with van der Waals surface area (Å²) in [5, 5.41) is 5.80. The van der Waals surface area contributed by atoms with E-state index in [0.717, 1.165) is 5.56 Å². The van der Waals surface area contributed by atoms with Gasteiger partial charge in [-0.15, -0.1) is 0 Å². The number of fused-ring (bicyclic) bond motifs is 7. The van der Waals surface area contributed by atoms with Gasteiger partial charge >= 0.3 is 0 Å². The molecule has 0 spiro atoms.